The molecule has 0 atom stereocenters. The predicted octanol–water partition coefficient (Wildman–Crippen LogP) is 9.42. The van der Waals surface area contributed by atoms with Crippen molar-refractivity contribution in [2.24, 2.45) is 28.2 Å². The standard InChI is InChI=1S/C18H14ClN7O3.C13H19N5O2Si.C12H19IN4O2Si.C11H10Cl2N2O2.C11H17IN4O2Si.C7H5N5O.C5H3IN4O/c1-20-16-14-15(17(27)24(2)10-21-14)26(23-16)9-13-22-25(18(28)29-13)8-7-11-3-5-12(19)6-4-11;1-17-8-15-11-10(7-14)16-18(12(11)13(17)19)9-20-5-6-21(2,3)4;1-16-7-14-9-10(12(16)18)17(15-11(9)13)8-19-5-6-20(2,3)4;12-7-10-14-15(11(16)17-10)6-5-8-1-3-9(13)4-2-8;1-19(2,3)5-4-18-7-16-9-8(10(12)15-16)13-6-14-11(9)17;1-12-3-9-5-4(2-8)10-11-6(5)7(12)13;6-4-2-3(9-10-4)5(11)8-1-7-2/h3-6,10H,7-9H2,2H3;8H,5-6,9H2,1-4H3;7H,5-6,8H2,1-4H3;1-4H,5-7H2;6H,4-5,7H2,1-3H3,(H,13,14,17);3H,1H3,(H,10,11);1H,(H,9,10)(H,7,8,11). The summed E-state index contributed by atoms with van der Waals surface area (Å²) < 4.78 is 42.9. The molecule has 0 aliphatic rings. The maximum absolute atomic E-state index is 12.5. The fourth-order valence-corrected chi connectivity index (χ4v) is 15.8. The first-order valence-corrected chi connectivity index (χ1v) is 54.9. The number of benzene rings is 2. The SMILES string of the molecule is C[Si](C)(C)CCOCn1nc(I)c2nc[nH]c(=O)c21.Cn1cnc2c(C#N)n[nH]c2c1=O.Cn1cnc2c(C#N)nn(COCC[Si](C)(C)C)c2c1=O.Cn1cnc2c(I)nn(COCC[Si](C)(C)C)c2c1=O.O=c1[nH]cnc2c(I)[nH]nc12.O=c1oc(CCl)nn1CCc1ccc(Cl)cc1.[C-]#[N+]c1nn(Cc2nn(CCc3ccc(Cl)cc3)c(=O)o2)c2c(=O)n(C)cnc12. The number of nitrogens with one attached hydrogen (secondary N) is 4. The van der Waals surface area contributed by atoms with E-state index < -0.39 is 35.7 Å². The third kappa shape index (κ3) is 26.9. The number of rotatable bonds is 24. The summed E-state index contributed by atoms with van der Waals surface area (Å²) in [5.41, 5.74) is 5.85. The number of hydrogen-bond donors (Lipinski definition) is 4. The molecule has 44 nitrogen and oxygen atoms in total. The molecule has 0 fully saturated rings. The zero-order valence-electron chi connectivity index (χ0n) is 72.3. The van der Waals surface area contributed by atoms with Crippen molar-refractivity contribution < 1.29 is 23.0 Å². The van der Waals surface area contributed by atoms with Gasteiger partial charge in [-0.15, -0.1) is 21.8 Å². The lowest BCUT2D eigenvalue weighted by Gasteiger charge is -2.15. The van der Waals surface area contributed by atoms with Crippen molar-refractivity contribution in [1.82, 2.24) is 137 Å². The second kappa shape index (κ2) is 45.3. The topological polar surface area (TPSA) is 535 Å². The first-order chi connectivity index (χ1) is 61.7. The van der Waals surface area contributed by atoms with E-state index in [2.05, 4.69) is 200 Å². The first-order valence-electron chi connectivity index (χ1n) is 39.3. The average Bonchev–Trinajstić information content (AvgIpc) is 1.63. The Bertz CT molecular complexity index is 7350. The zero-order valence-corrected chi connectivity index (χ0v) is 84.1. The molecule has 14 heterocycles. The van der Waals surface area contributed by atoms with Gasteiger partial charge in [0.2, 0.25) is 11.8 Å². The molecule has 0 amide bonds. The number of hydrogen-bond acceptors (Lipinski definition) is 29. The summed E-state index contributed by atoms with van der Waals surface area (Å²) >= 11 is 23.4. The van der Waals surface area contributed by atoms with Crippen molar-refractivity contribution >= 4 is 199 Å². The van der Waals surface area contributed by atoms with Gasteiger partial charge in [0.05, 0.1) is 51.1 Å². The number of fused-ring (bicyclic) bond motifs is 6. The van der Waals surface area contributed by atoms with Gasteiger partial charge in [0.1, 0.15) is 89.0 Å². The lowest BCUT2D eigenvalue weighted by atomic mass is 10.1. The lowest BCUT2D eigenvalue weighted by molar-refractivity contribution is 0.0812. The number of H-pyrrole nitrogens is 4. The van der Waals surface area contributed by atoms with Crippen molar-refractivity contribution in [2.45, 2.75) is 136 Å². The Morgan fingerprint density at radius 3 is 1.35 bits per heavy atom. The van der Waals surface area contributed by atoms with Crippen LogP contribution in [0.2, 0.25) is 87.1 Å². The second-order valence-electron chi connectivity index (χ2n) is 32.1. The molecule has 0 bridgehead atoms. The van der Waals surface area contributed by atoms with Gasteiger partial charge in [0, 0.05) is 82.3 Å². The van der Waals surface area contributed by atoms with Crippen molar-refractivity contribution in [2.75, 3.05) is 19.8 Å². The summed E-state index contributed by atoms with van der Waals surface area (Å²) in [7, 11) is 3.09. The molecule has 0 saturated carbocycles. The van der Waals surface area contributed by atoms with E-state index in [9.17, 15) is 38.4 Å². The molecule has 4 N–H and O–H groups in total. The molecule has 16 rings (SSSR count). The van der Waals surface area contributed by atoms with Crippen LogP contribution in [0.25, 0.3) is 71.0 Å². The van der Waals surface area contributed by atoms with E-state index in [1.165, 1.54) is 75.0 Å². The van der Waals surface area contributed by atoms with E-state index in [0.29, 0.717) is 123 Å². The summed E-state index contributed by atoms with van der Waals surface area (Å²) in [4.78, 5) is 127. The van der Waals surface area contributed by atoms with Crippen LogP contribution < -0.4 is 44.9 Å². The maximum Gasteiger partial charge on any atom is 0.437 e. The normalized spacial score (nSPS) is 11.4. The monoisotopic (exact) mass is 2220 g/mol. The van der Waals surface area contributed by atoms with Crippen LogP contribution in [-0.2, 0) is 101 Å². The third-order valence-electron chi connectivity index (χ3n) is 18.5. The highest BCUT2D eigenvalue weighted by Crippen LogP contribution is 2.23. The number of nitriles is 2. The van der Waals surface area contributed by atoms with E-state index in [4.69, 9.17) is 74.9 Å². The fraction of sp³-hybridized carbons (Fsp3) is 0.364. The van der Waals surface area contributed by atoms with Crippen LogP contribution in [0, 0.1) is 40.3 Å². The smallest absolute Gasteiger partial charge is 0.391 e. The van der Waals surface area contributed by atoms with Gasteiger partial charge in [-0.05, 0) is 139 Å². The van der Waals surface area contributed by atoms with Gasteiger partial charge in [-0.25, -0.2) is 53.5 Å². The Balaban J connectivity index is 0.000000160. The maximum atomic E-state index is 12.5. The summed E-state index contributed by atoms with van der Waals surface area (Å²) in [5.74, 6) is -0.659. The number of ether oxygens (including phenoxy) is 3. The molecule has 0 aliphatic carbocycles. The molecule has 130 heavy (non-hydrogen) atoms. The predicted molar refractivity (Wildman–Crippen MR) is 517 cm³/mol. The molecule has 0 spiro atoms. The number of aromatic nitrogens is 28. The summed E-state index contributed by atoms with van der Waals surface area (Å²) in [6.07, 6.45) is 9.62. The second-order valence-corrected chi connectivity index (χ2v) is 53.2. The third-order valence-corrected chi connectivity index (χ3v) is 26.5. The van der Waals surface area contributed by atoms with Gasteiger partial charge in [-0.2, -0.15) is 50.1 Å². The minimum atomic E-state index is -1.16. The van der Waals surface area contributed by atoms with Crippen LogP contribution in [0.5, 0.6) is 0 Å². The van der Waals surface area contributed by atoms with Crippen molar-refractivity contribution in [1.29, 1.82) is 10.5 Å². The summed E-state index contributed by atoms with van der Waals surface area (Å²) in [6.45, 7) is 31.4. The van der Waals surface area contributed by atoms with Gasteiger partial charge >= 0.3 is 17.3 Å². The highest BCUT2D eigenvalue weighted by atomic mass is 127. The van der Waals surface area contributed by atoms with E-state index in [1.807, 2.05) is 71.1 Å². The minimum Gasteiger partial charge on any atom is -0.391 e. The van der Waals surface area contributed by atoms with Crippen molar-refractivity contribution in [3.63, 3.8) is 0 Å². The lowest BCUT2D eigenvalue weighted by Crippen LogP contribution is -2.23. The average molecular weight is 2230 g/mol. The van der Waals surface area contributed by atoms with E-state index in [-0.39, 0.29) is 98.0 Å². The molecule has 0 aliphatic heterocycles. The molecule has 2 aromatic carbocycles. The van der Waals surface area contributed by atoms with Crippen LogP contribution in [0.15, 0.2) is 134 Å². The Kier molecular flexibility index (Phi) is 35.1. The Morgan fingerprint density at radius 1 is 0.462 bits per heavy atom. The number of aryl methyl sites for hydroxylation is 8. The van der Waals surface area contributed by atoms with Crippen molar-refractivity contribution in [3.05, 3.63) is 237 Å². The van der Waals surface area contributed by atoms with Gasteiger partial charge in [-0.3, -0.25) is 39.0 Å². The van der Waals surface area contributed by atoms with Gasteiger partial charge < -0.3 is 56.1 Å². The quantitative estimate of drug-likeness (QED) is 0.0144. The highest BCUT2D eigenvalue weighted by molar-refractivity contribution is 14.1. The van der Waals surface area contributed by atoms with Crippen molar-refractivity contribution in [3.8, 4) is 12.1 Å². The summed E-state index contributed by atoms with van der Waals surface area (Å²) in [6, 6.07) is 21.8. The van der Waals surface area contributed by atoms with Crippen LogP contribution >= 0.6 is 103 Å². The van der Waals surface area contributed by atoms with E-state index in [1.54, 1.807) is 49.7 Å². The molecule has 53 heteroatoms. The van der Waals surface area contributed by atoms with E-state index in [0.717, 1.165) is 36.7 Å². The molecule has 14 aromatic heterocycles. The Labute approximate surface area is 795 Å². The van der Waals surface area contributed by atoms with Crippen LogP contribution in [0.3, 0.4) is 0 Å². The number of halogens is 6. The molecular weight excluding hydrogens is 2140 g/mol. The number of alkyl halides is 1. The van der Waals surface area contributed by atoms with Gasteiger partial charge in [0.25, 0.3) is 33.4 Å². The van der Waals surface area contributed by atoms with Crippen LogP contribution in [0.4, 0.5) is 5.82 Å². The van der Waals surface area contributed by atoms with Gasteiger partial charge in [0.15, 0.2) is 44.5 Å². The number of aromatic amines is 4. The molecule has 682 valence electrons. The van der Waals surface area contributed by atoms with Crippen LogP contribution in [0.1, 0.15) is 34.3 Å². The highest BCUT2D eigenvalue weighted by Gasteiger charge is 2.24. The Hall–Kier alpha value is -11.5. The largest absolute Gasteiger partial charge is 0.437 e. The summed E-state index contributed by atoms with van der Waals surface area (Å²) in [5, 5.41) is 56.6. The molecule has 0 radical (unpaired) electrons. The zero-order chi connectivity index (χ0) is 94.6. The number of nitrogens with zero attached hydrogens (tertiary/aromatic N) is 27. The molecule has 0 unspecified atom stereocenters. The molecular formula is C77H87Cl3I3N31O13Si3. The fourth-order valence-electron chi connectivity index (χ4n) is 11.4. The Morgan fingerprint density at radius 2 is 0.877 bits per heavy atom. The first kappa shape index (κ1) is 101. The molecule has 16 aromatic rings. The molecule has 0 saturated heterocycles. The van der Waals surface area contributed by atoms with E-state index >= 15 is 0 Å². The van der Waals surface area contributed by atoms with Gasteiger partial charge in [-0.1, -0.05) is 113 Å². The minimum absolute atomic E-state index is 0.00205. The van der Waals surface area contributed by atoms with Crippen LogP contribution in [-0.4, -0.2) is 181 Å².